The largest absolute Gasteiger partial charge is 0.394 e. The molecular formula is C13H26N2O3. The minimum Gasteiger partial charge on any atom is -0.394 e. The molecule has 1 saturated heterocycles. The number of hydrogen-bond donors (Lipinski definition) is 1. The number of amides is 1. The Morgan fingerprint density at radius 3 is 2.44 bits per heavy atom. The summed E-state index contributed by atoms with van der Waals surface area (Å²) in [6.07, 6.45) is 2.15. The highest BCUT2D eigenvalue weighted by atomic mass is 16.5. The SMILES string of the molecule is CCN(CC)C(=O)CN1CCC(OCCO)CC1. The molecule has 1 aliphatic rings. The first-order chi connectivity index (χ1) is 8.71. The second kappa shape index (κ2) is 8.45. The second-order valence-electron chi connectivity index (χ2n) is 4.64. The highest BCUT2D eigenvalue weighted by Crippen LogP contribution is 2.13. The van der Waals surface area contributed by atoms with Crippen LogP contribution in [-0.4, -0.2) is 72.9 Å². The Labute approximate surface area is 110 Å². The van der Waals surface area contributed by atoms with Crippen molar-refractivity contribution < 1.29 is 14.6 Å². The zero-order valence-electron chi connectivity index (χ0n) is 11.6. The van der Waals surface area contributed by atoms with E-state index >= 15 is 0 Å². The molecule has 0 aromatic carbocycles. The standard InChI is InChI=1S/C13H26N2O3/c1-3-15(4-2)13(17)11-14-7-5-12(6-8-14)18-10-9-16/h12,16H,3-11H2,1-2H3. The fourth-order valence-corrected chi connectivity index (χ4v) is 2.32. The van der Waals surface area contributed by atoms with Gasteiger partial charge in [-0.25, -0.2) is 0 Å². The first-order valence-electron chi connectivity index (χ1n) is 6.93. The fourth-order valence-electron chi connectivity index (χ4n) is 2.32. The van der Waals surface area contributed by atoms with Crippen molar-refractivity contribution in [3.8, 4) is 0 Å². The monoisotopic (exact) mass is 258 g/mol. The molecule has 0 atom stereocenters. The van der Waals surface area contributed by atoms with E-state index in [0.717, 1.165) is 39.0 Å². The third-order valence-electron chi connectivity index (χ3n) is 3.45. The molecule has 1 rings (SSSR count). The Bertz CT molecular complexity index is 236. The lowest BCUT2D eigenvalue weighted by atomic mass is 10.1. The summed E-state index contributed by atoms with van der Waals surface area (Å²) >= 11 is 0. The van der Waals surface area contributed by atoms with Gasteiger partial charge in [-0.3, -0.25) is 9.69 Å². The fraction of sp³-hybridized carbons (Fsp3) is 0.923. The zero-order chi connectivity index (χ0) is 13.4. The van der Waals surface area contributed by atoms with Gasteiger partial charge in [0.1, 0.15) is 0 Å². The molecule has 0 aliphatic carbocycles. The lowest BCUT2D eigenvalue weighted by Gasteiger charge is -2.32. The Kier molecular flexibility index (Phi) is 7.23. The summed E-state index contributed by atoms with van der Waals surface area (Å²) in [5, 5.41) is 8.70. The number of ether oxygens (including phenoxy) is 1. The van der Waals surface area contributed by atoms with Crippen LogP contribution in [0.1, 0.15) is 26.7 Å². The lowest BCUT2D eigenvalue weighted by molar-refractivity contribution is -0.132. The molecule has 0 aromatic heterocycles. The van der Waals surface area contributed by atoms with E-state index in [9.17, 15) is 4.79 Å². The number of likely N-dealkylation sites (N-methyl/N-ethyl adjacent to an activating group) is 1. The van der Waals surface area contributed by atoms with E-state index in [1.165, 1.54) is 0 Å². The molecule has 1 N–H and O–H groups in total. The van der Waals surface area contributed by atoms with Crippen molar-refractivity contribution in [1.82, 2.24) is 9.80 Å². The van der Waals surface area contributed by atoms with Crippen LogP contribution in [0.4, 0.5) is 0 Å². The van der Waals surface area contributed by atoms with Gasteiger partial charge in [0, 0.05) is 26.2 Å². The van der Waals surface area contributed by atoms with Crippen LogP contribution in [0.2, 0.25) is 0 Å². The molecule has 0 radical (unpaired) electrons. The summed E-state index contributed by atoms with van der Waals surface area (Å²) in [6.45, 7) is 8.42. The van der Waals surface area contributed by atoms with Crippen LogP contribution < -0.4 is 0 Å². The van der Waals surface area contributed by atoms with Crippen LogP contribution in [0.25, 0.3) is 0 Å². The third-order valence-corrected chi connectivity index (χ3v) is 3.45. The summed E-state index contributed by atoms with van der Waals surface area (Å²) < 4.78 is 5.50. The average Bonchev–Trinajstić information content (AvgIpc) is 2.39. The van der Waals surface area contributed by atoms with Gasteiger partial charge in [0.05, 0.1) is 25.9 Å². The molecule has 0 spiro atoms. The minimum absolute atomic E-state index is 0.0840. The van der Waals surface area contributed by atoms with E-state index in [4.69, 9.17) is 9.84 Å². The summed E-state index contributed by atoms with van der Waals surface area (Å²) in [7, 11) is 0. The number of nitrogens with zero attached hydrogens (tertiary/aromatic N) is 2. The van der Waals surface area contributed by atoms with Crippen molar-refractivity contribution in [3.05, 3.63) is 0 Å². The molecular weight excluding hydrogens is 232 g/mol. The molecule has 0 aromatic rings. The maximum absolute atomic E-state index is 11.9. The van der Waals surface area contributed by atoms with E-state index in [0.29, 0.717) is 13.2 Å². The van der Waals surface area contributed by atoms with Crippen LogP contribution in [0, 0.1) is 0 Å². The van der Waals surface area contributed by atoms with Crippen molar-refractivity contribution >= 4 is 5.91 Å². The number of aliphatic hydroxyl groups is 1. The van der Waals surface area contributed by atoms with E-state index < -0.39 is 0 Å². The maximum atomic E-state index is 11.9. The Hall–Kier alpha value is -0.650. The minimum atomic E-state index is 0.0840. The lowest BCUT2D eigenvalue weighted by Crippen LogP contribution is -2.44. The molecule has 106 valence electrons. The van der Waals surface area contributed by atoms with E-state index in [-0.39, 0.29) is 18.6 Å². The molecule has 18 heavy (non-hydrogen) atoms. The van der Waals surface area contributed by atoms with E-state index in [1.807, 2.05) is 18.7 Å². The van der Waals surface area contributed by atoms with Gasteiger partial charge in [-0.2, -0.15) is 0 Å². The van der Waals surface area contributed by atoms with Gasteiger partial charge in [0.15, 0.2) is 0 Å². The van der Waals surface area contributed by atoms with Gasteiger partial charge in [-0.15, -0.1) is 0 Å². The molecule has 1 aliphatic heterocycles. The predicted molar refractivity (Wildman–Crippen MR) is 70.4 cm³/mol. The van der Waals surface area contributed by atoms with Crippen LogP contribution in [-0.2, 0) is 9.53 Å². The highest BCUT2D eigenvalue weighted by Gasteiger charge is 2.22. The van der Waals surface area contributed by atoms with Crippen molar-refractivity contribution in [1.29, 1.82) is 0 Å². The molecule has 0 bridgehead atoms. The van der Waals surface area contributed by atoms with Gasteiger partial charge in [-0.05, 0) is 26.7 Å². The zero-order valence-corrected chi connectivity index (χ0v) is 11.6. The second-order valence-corrected chi connectivity index (χ2v) is 4.64. The molecule has 5 nitrogen and oxygen atoms in total. The average molecular weight is 258 g/mol. The van der Waals surface area contributed by atoms with E-state index in [2.05, 4.69) is 4.90 Å². The van der Waals surface area contributed by atoms with Gasteiger partial charge in [-0.1, -0.05) is 0 Å². The number of aliphatic hydroxyl groups excluding tert-OH is 1. The van der Waals surface area contributed by atoms with Crippen LogP contribution in [0.5, 0.6) is 0 Å². The Balaban J connectivity index is 2.24. The van der Waals surface area contributed by atoms with E-state index in [1.54, 1.807) is 0 Å². The molecule has 5 heteroatoms. The number of likely N-dealkylation sites (tertiary alicyclic amines) is 1. The molecule has 1 fully saturated rings. The van der Waals surface area contributed by atoms with Crippen LogP contribution >= 0.6 is 0 Å². The first-order valence-corrected chi connectivity index (χ1v) is 6.93. The summed E-state index contributed by atoms with van der Waals surface area (Å²) in [5.41, 5.74) is 0. The molecule has 0 saturated carbocycles. The van der Waals surface area contributed by atoms with Gasteiger partial charge in [0.2, 0.25) is 5.91 Å². The third kappa shape index (κ3) is 4.92. The van der Waals surface area contributed by atoms with Crippen molar-refractivity contribution in [2.45, 2.75) is 32.8 Å². The topological polar surface area (TPSA) is 53.0 Å². The van der Waals surface area contributed by atoms with Crippen LogP contribution in [0.15, 0.2) is 0 Å². The number of carbonyl (C=O) groups excluding carboxylic acids is 1. The van der Waals surface area contributed by atoms with Gasteiger partial charge < -0.3 is 14.7 Å². The summed E-state index contributed by atoms with van der Waals surface area (Å²) in [6, 6.07) is 0. The van der Waals surface area contributed by atoms with Crippen molar-refractivity contribution in [3.63, 3.8) is 0 Å². The summed E-state index contributed by atoms with van der Waals surface area (Å²) in [4.78, 5) is 16.0. The predicted octanol–water partition coefficient (Wildman–Crippen LogP) is 0.328. The number of hydrogen-bond acceptors (Lipinski definition) is 4. The van der Waals surface area contributed by atoms with Gasteiger partial charge in [0.25, 0.3) is 0 Å². The number of carbonyl (C=O) groups is 1. The number of piperidine rings is 1. The van der Waals surface area contributed by atoms with Crippen LogP contribution in [0.3, 0.4) is 0 Å². The molecule has 1 amide bonds. The molecule has 1 heterocycles. The summed E-state index contributed by atoms with van der Waals surface area (Å²) in [5.74, 6) is 0.217. The Morgan fingerprint density at radius 2 is 1.94 bits per heavy atom. The maximum Gasteiger partial charge on any atom is 0.236 e. The smallest absolute Gasteiger partial charge is 0.236 e. The Morgan fingerprint density at radius 1 is 1.33 bits per heavy atom. The quantitative estimate of drug-likeness (QED) is 0.715. The first kappa shape index (κ1) is 15.4. The van der Waals surface area contributed by atoms with Crippen molar-refractivity contribution in [2.24, 2.45) is 0 Å². The van der Waals surface area contributed by atoms with Crippen molar-refractivity contribution in [2.75, 3.05) is 45.9 Å². The highest BCUT2D eigenvalue weighted by molar-refractivity contribution is 5.78. The number of rotatable bonds is 7. The molecule has 0 unspecified atom stereocenters. The normalized spacial score (nSPS) is 17.9. The van der Waals surface area contributed by atoms with Gasteiger partial charge >= 0.3 is 0 Å².